The lowest BCUT2D eigenvalue weighted by molar-refractivity contribution is 0.0653. The number of phenols is 1. The number of ether oxygens (including phenoxy) is 1. The first-order valence-electron chi connectivity index (χ1n) is 5.47. The Morgan fingerprint density at radius 2 is 2.17 bits per heavy atom. The molecule has 0 aliphatic heterocycles. The number of carbonyl (C=O) groups excluding carboxylic acids is 1. The van der Waals surface area contributed by atoms with Crippen molar-refractivity contribution in [2.24, 2.45) is 0 Å². The summed E-state index contributed by atoms with van der Waals surface area (Å²) in [6.45, 7) is 0.818. The molecule has 18 heavy (non-hydrogen) atoms. The number of nitrogens with zero attached hydrogens (tertiary/aromatic N) is 1. The Morgan fingerprint density at radius 3 is 2.72 bits per heavy atom. The topological polar surface area (TPSA) is 70.0 Å². The maximum atomic E-state index is 12.2. The van der Waals surface area contributed by atoms with E-state index in [1.54, 1.807) is 19.2 Å². The van der Waals surface area contributed by atoms with Crippen LogP contribution in [0.5, 0.6) is 5.75 Å². The van der Waals surface area contributed by atoms with Crippen LogP contribution in [0.4, 0.5) is 0 Å². The molecule has 2 N–H and O–H groups in total. The van der Waals surface area contributed by atoms with Crippen LogP contribution in [0.2, 0.25) is 0 Å². The van der Waals surface area contributed by atoms with Crippen LogP contribution in [-0.4, -0.2) is 54.4 Å². The van der Waals surface area contributed by atoms with Crippen LogP contribution < -0.4 is 0 Å². The Hall–Kier alpha value is -1.11. The molecule has 0 heterocycles. The van der Waals surface area contributed by atoms with Crippen molar-refractivity contribution in [3.05, 3.63) is 28.2 Å². The van der Waals surface area contributed by atoms with Crippen molar-refractivity contribution in [2.45, 2.75) is 0 Å². The van der Waals surface area contributed by atoms with Crippen molar-refractivity contribution >= 4 is 21.8 Å². The van der Waals surface area contributed by atoms with Gasteiger partial charge >= 0.3 is 0 Å². The van der Waals surface area contributed by atoms with Gasteiger partial charge in [0.05, 0.1) is 18.8 Å². The van der Waals surface area contributed by atoms with E-state index >= 15 is 0 Å². The first kappa shape index (κ1) is 14.9. The first-order valence-corrected chi connectivity index (χ1v) is 6.27. The third-order valence-electron chi connectivity index (χ3n) is 2.41. The fourth-order valence-electron chi connectivity index (χ4n) is 1.49. The lowest BCUT2D eigenvalue weighted by Gasteiger charge is -2.21. The Labute approximate surface area is 114 Å². The lowest BCUT2D eigenvalue weighted by atomic mass is 10.1. The Balaban J connectivity index is 2.87. The van der Waals surface area contributed by atoms with Crippen molar-refractivity contribution < 1.29 is 19.7 Å². The number of aliphatic hydroxyl groups is 1. The smallest absolute Gasteiger partial charge is 0.257 e. The summed E-state index contributed by atoms with van der Waals surface area (Å²) in [5.74, 6) is -0.416. The van der Waals surface area contributed by atoms with Gasteiger partial charge in [-0.15, -0.1) is 0 Å². The lowest BCUT2D eigenvalue weighted by Crippen LogP contribution is -2.36. The highest BCUT2D eigenvalue weighted by Crippen LogP contribution is 2.23. The maximum Gasteiger partial charge on any atom is 0.257 e. The van der Waals surface area contributed by atoms with Gasteiger partial charge in [0.25, 0.3) is 5.91 Å². The minimum Gasteiger partial charge on any atom is -0.507 e. The van der Waals surface area contributed by atoms with Gasteiger partial charge in [-0.05, 0) is 18.2 Å². The zero-order valence-corrected chi connectivity index (χ0v) is 11.7. The van der Waals surface area contributed by atoms with Gasteiger partial charge in [-0.25, -0.2) is 0 Å². The number of aliphatic hydroxyl groups excluding tert-OH is 1. The highest BCUT2D eigenvalue weighted by atomic mass is 79.9. The standard InChI is InChI=1S/C12H16BrNO4/c1-18-7-5-14(4-6-15)12(17)10-3-2-9(13)8-11(10)16/h2-3,8,15-16H,4-7H2,1H3. The van der Waals surface area contributed by atoms with Crippen LogP contribution >= 0.6 is 15.9 Å². The number of aromatic hydroxyl groups is 1. The minimum absolute atomic E-state index is 0.0882. The number of hydrogen-bond acceptors (Lipinski definition) is 4. The normalized spacial score (nSPS) is 10.4. The van der Waals surface area contributed by atoms with Crippen molar-refractivity contribution in [1.29, 1.82) is 0 Å². The number of rotatable bonds is 6. The number of hydrogen-bond donors (Lipinski definition) is 2. The average molecular weight is 318 g/mol. The predicted molar refractivity (Wildman–Crippen MR) is 70.7 cm³/mol. The molecule has 0 saturated carbocycles. The molecule has 6 heteroatoms. The molecule has 5 nitrogen and oxygen atoms in total. The summed E-state index contributed by atoms with van der Waals surface area (Å²) in [6.07, 6.45) is 0. The van der Waals surface area contributed by atoms with E-state index in [0.717, 1.165) is 0 Å². The van der Waals surface area contributed by atoms with Crippen molar-refractivity contribution in [1.82, 2.24) is 4.90 Å². The van der Waals surface area contributed by atoms with Crippen LogP contribution in [-0.2, 0) is 4.74 Å². The van der Waals surface area contributed by atoms with Gasteiger partial charge in [-0.1, -0.05) is 15.9 Å². The molecule has 0 aliphatic carbocycles. The third kappa shape index (κ3) is 3.97. The van der Waals surface area contributed by atoms with E-state index in [2.05, 4.69) is 15.9 Å². The summed E-state index contributed by atoms with van der Waals surface area (Å²) < 4.78 is 5.60. The van der Waals surface area contributed by atoms with Gasteiger partial charge in [0.15, 0.2) is 0 Å². The molecule has 0 aliphatic rings. The predicted octanol–water partition coefficient (Wildman–Crippen LogP) is 1.24. The van der Waals surface area contributed by atoms with Crippen molar-refractivity contribution in [3.63, 3.8) is 0 Å². The largest absolute Gasteiger partial charge is 0.507 e. The average Bonchev–Trinajstić information content (AvgIpc) is 2.33. The molecule has 1 aromatic carbocycles. The van der Waals surface area contributed by atoms with Gasteiger partial charge in [0.2, 0.25) is 0 Å². The zero-order valence-electron chi connectivity index (χ0n) is 10.1. The molecule has 0 bridgehead atoms. The van der Waals surface area contributed by atoms with Crippen LogP contribution in [0.15, 0.2) is 22.7 Å². The SMILES string of the molecule is COCCN(CCO)C(=O)c1ccc(Br)cc1O. The van der Waals surface area contributed by atoms with Gasteiger partial charge in [0.1, 0.15) is 5.75 Å². The van der Waals surface area contributed by atoms with Crippen molar-refractivity contribution in [2.75, 3.05) is 33.4 Å². The molecule has 0 spiro atoms. The Bertz CT molecular complexity index is 411. The first-order chi connectivity index (χ1) is 8.60. The van der Waals surface area contributed by atoms with E-state index < -0.39 is 0 Å². The number of amides is 1. The molecular weight excluding hydrogens is 302 g/mol. The summed E-state index contributed by atoms with van der Waals surface area (Å²) in [5.41, 5.74) is 0.211. The number of phenolic OH excluding ortho intramolecular Hbond substituents is 1. The van der Waals surface area contributed by atoms with Gasteiger partial charge in [-0.2, -0.15) is 0 Å². The Morgan fingerprint density at radius 1 is 1.44 bits per heavy atom. The summed E-state index contributed by atoms with van der Waals surface area (Å²) in [7, 11) is 1.54. The van der Waals surface area contributed by atoms with Crippen molar-refractivity contribution in [3.8, 4) is 5.75 Å². The molecule has 1 aromatic rings. The monoisotopic (exact) mass is 317 g/mol. The van der Waals surface area contributed by atoms with Crippen LogP contribution in [0.1, 0.15) is 10.4 Å². The van der Waals surface area contributed by atoms with E-state index in [-0.39, 0.29) is 30.4 Å². The molecule has 0 unspecified atom stereocenters. The molecule has 1 rings (SSSR count). The quantitative estimate of drug-likeness (QED) is 0.828. The number of carbonyl (C=O) groups is 1. The minimum atomic E-state index is -0.328. The molecule has 0 fully saturated rings. The molecule has 0 radical (unpaired) electrons. The molecule has 1 amide bonds. The molecule has 100 valence electrons. The zero-order chi connectivity index (χ0) is 13.5. The summed E-state index contributed by atoms with van der Waals surface area (Å²) >= 11 is 3.21. The second kappa shape index (κ2) is 7.35. The van der Waals surface area contributed by atoms with E-state index in [1.165, 1.54) is 11.0 Å². The number of methoxy groups -OCH3 is 1. The molecule has 0 aromatic heterocycles. The molecular formula is C12H16BrNO4. The Kier molecular flexibility index (Phi) is 6.11. The molecule has 0 saturated heterocycles. The second-order valence-electron chi connectivity index (χ2n) is 3.67. The third-order valence-corrected chi connectivity index (χ3v) is 2.91. The second-order valence-corrected chi connectivity index (χ2v) is 4.59. The van der Waals surface area contributed by atoms with E-state index in [9.17, 15) is 9.90 Å². The summed E-state index contributed by atoms with van der Waals surface area (Å²) in [5, 5.41) is 18.7. The highest BCUT2D eigenvalue weighted by Gasteiger charge is 2.18. The number of benzene rings is 1. The fraction of sp³-hybridized carbons (Fsp3) is 0.417. The van der Waals surface area contributed by atoms with E-state index in [1.807, 2.05) is 0 Å². The van der Waals surface area contributed by atoms with Gasteiger partial charge in [-0.3, -0.25) is 4.79 Å². The fourth-order valence-corrected chi connectivity index (χ4v) is 1.84. The maximum absolute atomic E-state index is 12.2. The summed E-state index contributed by atoms with van der Waals surface area (Å²) in [6, 6.07) is 4.68. The van der Waals surface area contributed by atoms with Crippen LogP contribution in [0.25, 0.3) is 0 Å². The number of halogens is 1. The van der Waals surface area contributed by atoms with Gasteiger partial charge in [0, 0.05) is 24.7 Å². The highest BCUT2D eigenvalue weighted by molar-refractivity contribution is 9.10. The van der Waals surface area contributed by atoms with Crippen LogP contribution in [0, 0.1) is 0 Å². The van der Waals surface area contributed by atoms with E-state index in [4.69, 9.17) is 9.84 Å². The molecule has 0 atom stereocenters. The van der Waals surface area contributed by atoms with E-state index in [0.29, 0.717) is 17.6 Å². The van der Waals surface area contributed by atoms with Gasteiger partial charge < -0.3 is 19.8 Å². The van der Waals surface area contributed by atoms with Crippen LogP contribution in [0.3, 0.4) is 0 Å². The summed E-state index contributed by atoms with van der Waals surface area (Å²) in [4.78, 5) is 13.6.